The van der Waals surface area contributed by atoms with Crippen molar-refractivity contribution in [3.05, 3.63) is 22.5 Å². The Morgan fingerprint density at radius 3 is 2.93 bits per heavy atom. The van der Waals surface area contributed by atoms with Crippen molar-refractivity contribution in [2.24, 2.45) is 0 Å². The van der Waals surface area contributed by atoms with E-state index >= 15 is 0 Å². The molecule has 2 atom stereocenters. The Hall–Kier alpha value is -1.43. The quantitative estimate of drug-likeness (QED) is 0.563. The monoisotopic (exact) mass is 197 g/mol. The molecule has 14 heavy (non-hydrogen) atoms. The van der Waals surface area contributed by atoms with Gasteiger partial charge in [0.15, 0.2) is 0 Å². The molecule has 76 valence electrons. The number of aliphatic hydroxyl groups is 1. The molecule has 0 radical (unpaired) electrons. The van der Waals surface area contributed by atoms with Crippen LogP contribution in [0, 0.1) is 10.1 Å². The van der Waals surface area contributed by atoms with Crippen LogP contribution in [0.5, 0.6) is 0 Å². The Balaban J connectivity index is 2.20. The van der Waals surface area contributed by atoms with Crippen molar-refractivity contribution in [2.45, 2.75) is 31.4 Å². The highest BCUT2D eigenvalue weighted by molar-refractivity contribution is 5.21. The summed E-state index contributed by atoms with van der Waals surface area (Å²) in [4.78, 5) is 9.92. The summed E-state index contributed by atoms with van der Waals surface area (Å²) in [6, 6.07) is -0.0938. The van der Waals surface area contributed by atoms with E-state index in [1.54, 1.807) is 0 Å². The van der Waals surface area contributed by atoms with Crippen LogP contribution in [0.2, 0.25) is 0 Å². The van der Waals surface area contributed by atoms with Gasteiger partial charge in [0.1, 0.15) is 12.4 Å². The molecule has 1 saturated carbocycles. The number of nitro groups is 1. The molecule has 0 unspecified atom stereocenters. The minimum Gasteiger partial charge on any atom is -0.391 e. The second-order valence-electron chi connectivity index (χ2n) is 3.50. The van der Waals surface area contributed by atoms with Crippen LogP contribution >= 0.6 is 0 Å². The fraction of sp³-hybridized carbons (Fsp3) is 0.625. The van der Waals surface area contributed by atoms with Gasteiger partial charge >= 0.3 is 5.69 Å². The smallest absolute Gasteiger partial charge is 0.307 e. The summed E-state index contributed by atoms with van der Waals surface area (Å²) in [5, 5.41) is 23.8. The minimum absolute atomic E-state index is 0.0240. The lowest BCUT2D eigenvalue weighted by atomic mass is 10.2. The zero-order valence-electron chi connectivity index (χ0n) is 7.54. The maximum Gasteiger partial charge on any atom is 0.307 e. The lowest BCUT2D eigenvalue weighted by Gasteiger charge is -2.13. The first-order chi connectivity index (χ1) is 6.68. The number of hydrogen-bond acceptors (Lipinski definition) is 4. The zero-order chi connectivity index (χ0) is 10.1. The van der Waals surface area contributed by atoms with Crippen molar-refractivity contribution in [3.63, 3.8) is 0 Å². The summed E-state index contributed by atoms with van der Waals surface area (Å²) in [6.07, 6.45) is 4.69. The van der Waals surface area contributed by atoms with Gasteiger partial charge < -0.3 is 5.11 Å². The summed E-state index contributed by atoms with van der Waals surface area (Å²) in [7, 11) is 0. The predicted octanol–water partition coefficient (Wildman–Crippen LogP) is 0.877. The summed E-state index contributed by atoms with van der Waals surface area (Å²) in [6.45, 7) is 0. The molecule has 1 fully saturated rings. The second-order valence-corrected chi connectivity index (χ2v) is 3.50. The van der Waals surface area contributed by atoms with Crippen LogP contribution in [0.4, 0.5) is 5.69 Å². The van der Waals surface area contributed by atoms with Crippen LogP contribution in [0.1, 0.15) is 25.3 Å². The van der Waals surface area contributed by atoms with E-state index in [0.717, 1.165) is 19.3 Å². The molecule has 6 heteroatoms. The summed E-state index contributed by atoms with van der Waals surface area (Å²) >= 11 is 0. The van der Waals surface area contributed by atoms with Gasteiger partial charge in [-0.05, 0) is 19.3 Å². The molecule has 1 aromatic heterocycles. The van der Waals surface area contributed by atoms with E-state index < -0.39 is 11.0 Å². The number of rotatable bonds is 2. The first-order valence-electron chi connectivity index (χ1n) is 4.55. The van der Waals surface area contributed by atoms with E-state index in [1.165, 1.54) is 17.1 Å². The number of nitrogens with zero attached hydrogens (tertiary/aromatic N) is 3. The molecule has 0 aromatic carbocycles. The van der Waals surface area contributed by atoms with E-state index in [4.69, 9.17) is 0 Å². The molecule has 6 nitrogen and oxygen atoms in total. The van der Waals surface area contributed by atoms with Gasteiger partial charge in [0.05, 0.1) is 17.1 Å². The molecule has 1 heterocycles. The lowest BCUT2D eigenvalue weighted by Crippen LogP contribution is -2.18. The predicted molar refractivity (Wildman–Crippen MR) is 47.8 cm³/mol. The number of hydrogen-bond donors (Lipinski definition) is 1. The van der Waals surface area contributed by atoms with Crippen LogP contribution < -0.4 is 0 Å². The first kappa shape index (κ1) is 9.14. The van der Waals surface area contributed by atoms with E-state index in [-0.39, 0.29) is 11.7 Å². The Morgan fingerprint density at radius 2 is 2.43 bits per heavy atom. The van der Waals surface area contributed by atoms with Crippen LogP contribution in [-0.4, -0.2) is 25.9 Å². The molecule has 0 aliphatic heterocycles. The van der Waals surface area contributed by atoms with Crippen molar-refractivity contribution < 1.29 is 10.0 Å². The Bertz CT molecular complexity index is 349. The summed E-state index contributed by atoms with van der Waals surface area (Å²) in [5.41, 5.74) is -0.0240. The van der Waals surface area contributed by atoms with Gasteiger partial charge in [0.2, 0.25) is 0 Å². The average Bonchev–Trinajstić information content (AvgIpc) is 2.71. The van der Waals surface area contributed by atoms with Gasteiger partial charge in [-0.1, -0.05) is 0 Å². The topological polar surface area (TPSA) is 81.2 Å². The molecule has 1 aliphatic rings. The standard InChI is InChI=1S/C8H11N3O3/c12-8-3-1-2-7(8)10-5-6(4-9-10)11(13)14/h4-5,7-8,12H,1-3H2/t7-,8-/m0/s1. The van der Waals surface area contributed by atoms with E-state index in [1.807, 2.05) is 0 Å². The molecule has 0 bridgehead atoms. The number of aromatic nitrogens is 2. The molecule has 0 amide bonds. The van der Waals surface area contributed by atoms with Crippen LogP contribution in [0.25, 0.3) is 0 Å². The average molecular weight is 197 g/mol. The summed E-state index contributed by atoms with van der Waals surface area (Å²) < 4.78 is 1.50. The maximum absolute atomic E-state index is 10.4. The highest BCUT2D eigenvalue weighted by Gasteiger charge is 2.28. The van der Waals surface area contributed by atoms with Gasteiger partial charge in [-0.2, -0.15) is 5.10 Å². The van der Waals surface area contributed by atoms with Gasteiger partial charge in [-0.3, -0.25) is 14.8 Å². The van der Waals surface area contributed by atoms with Crippen molar-refractivity contribution >= 4 is 5.69 Å². The SMILES string of the molecule is O=[N+]([O-])c1cnn([C@H]2CCC[C@@H]2O)c1. The lowest BCUT2D eigenvalue weighted by molar-refractivity contribution is -0.385. The molecule has 1 N–H and O–H groups in total. The maximum atomic E-state index is 10.4. The van der Waals surface area contributed by atoms with Crippen molar-refractivity contribution in [1.29, 1.82) is 0 Å². The third-order valence-electron chi connectivity index (χ3n) is 2.58. The highest BCUT2D eigenvalue weighted by atomic mass is 16.6. The van der Waals surface area contributed by atoms with Crippen LogP contribution in [0.3, 0.4) is 0 Å². The van der Waals surface area contributed by atoms with Crippen LogP contribution in [-0.2, 0) is 0 Å². The first-order valence-corrected chi connectivity index (χ1v) is 4.55. The Morgan fingerprint density at radius 1 is 1.64 bits per heavy atom. The molecule has 2 rings (SSSR count). The third kappa shape index (κ3) is 1.48. The Labute approximate surface area is 80.3 Å². The zero-order valence-corrected chi connectivity index (χ0v) is 7.54. The van der Waals surface area contributed by atoms with Gasteiger partial charge in [0, 0.05) is 0 Å². The third-order valence-corrected chi connectivity index (χ3v) is 2.58. The normalized spacial score (nSPS) is 26.6. The molecule has 0 saturated heterocycles. The largest absolute Gasteiger partial charge is 0.391 e. The number of aliphatic hydroxyl groups excluding tert-OH is 1. The van der Waals surface area contributed by atoms with E-state index in [2.05, 4.69) is 5.10 Å². The van der Waals surface area contributed by atoms with Gasteiger partial charge in [-0.15, -0.1) is 0 Å². The van der Waals surface area contributed by atoms with E-state index in [9.17, 15) is 15.2 Å². The summed E-state index contributed by atoms with van der Waals surface area (Å²) in [5.74, 6) is 0. The van der Waals surface area contributed by atoms with Gasteiger partial charge in [-0.25, -0.2) is 0 Å². The van der Waals surface area contributed by atoms with Crippen molar-refractivity contribution in [1.82, 2.24) is 9.78 Å². The fourth-order valence-electron chi connectivity index (χ4n) is 1.83. The van der Waals surface area contributed by atoms with Gasteiger partial charge in [0.25, 0.3) is 0 Å². The van der Waals surface area contributed by atoms with Crippen LogP contribution in [0.15, 0.2) is 12.4 Å². The minimum atomic E-state index is -0.481. The molecular formula is C8H11N3O3. The molecular weight excluding hydrogens is 186 g/mol. The molecule has 0 spiro atoms. The van der Waals surface area contributed by atoms with Crippen molar-refractivity contribution in [2.75, 3.05) is 0 Å². The van der Waals surface area contributed by atoms with E-state index in [0.29, 0.717) is 0 Å². The fourth-order valence-corrected chi connectivity index (χ4v) is 1.83. The molecule has 1 aromatic rings. The Kier molecular flexibility index (Phi) is 2.20. The highest BCUT2D eigenvalue weighted by Crippen LogP contribution is 2.30. The molecule has 1 aliphatic carbocycles. The van der Waals surface area contributed by atoms with Crippen molar-refractivity contribution in [3.8, 4) is 0 Å². The second kappa shape index (κ2) is 3.38.